The van der Waals surface area contributed by atoms with Gasteiger partial charge in [0.15, 0.2) is 11.8 Å². The van der Waals surface area contributed by atoms with E-state index in [4.69, 9.17) is 0 Å². The zero-order valence-electron chi connectivity index (χ0n) is 16.5. The highest BCUT2D eigenvalue weighted by molar-refractivity contribution is 8.04. The van der Waals surface area contributed by atoms with E-state index in [1.54, 1.807) is 6.08 Å². The number of hydrogen-bond donors (Lipinski definition) is 1. The Bertz CT molecular complexity index is 860. The molecule has 0 bridgehead atoms. The lowest BCUT2D eigenvalue weighted by atomic mass is 10.1. The average molecular weight is 401 g/mol. The minimum absolute atomic E-state index is 0.112. The van der Waals surface area contributed by atoms with Gasteiger partial charge < -0.3 is 5.32 Å². The first-order valence-corrected chi connectivity index (χ1v) is 10.6. The minimum Gasteiger partial charge on any atom is -0.322 e. The number of imide groups is 1. The normalized spacial score (nSPS) is 18.9. The van der Waals surface area contributed by atoms with E-state index in [0.717, 1.165) is 24.1 Å². The number of hydrogen-bond acceptors (Lipinski definition) is 4. The molecule has 0 saturated heterocycles. The molecule has 4 amide bonds. The Kier molecular flexibility index (Phi) is 6.34. The van der Waals surface area contributed by atoms with E-state index in [2.05, 4.69) is 19.2 Å². The maximum atomic E-state index is 13.0. The summed E-state index contributed by atoms with van der Waals surface area (Å²) in [4.78, 5) is 39.7. The highest BCUT2D eigenvalue weighted by Gasteiger charge is 2.49. The maximum absolute atomic E-state index is 13.0. The van der Waals surface area contributed by atoms with Gasteiger partial charge >= 0.3 is 11.9 Å². The summed E-state index contributed by atoms with van der Waals surface area (Å²) in [6.45, 7) is 6.39. The van der Waals surface area contributed by atoms with Crippen molar-refractivity contribution in [2.45, 2.75) is 38.9 Å². The molecule has 2 heterocycles. The summed E-state index contributed by atoms with van der Waals surface area (Å²) in [6, 6.07) is 7.21. The molecule has 1 unspecified atom stereocenters. The van der Waals surface area contributed by atoms with Crippen LogP contribution in [-0.4, -0.2) is 51.4 Å². The van der Waals surface area contributed by atoms with Crippen molar-refractivity contribution in [3.8, 4) is 0 Å². The second-order valence-corrected chi connectivity index (χ2v) is 8.36. The number of nitrogens with one attached hydrogen (secondary N) is 1. The van der Waals surface area contributed by atoms with Gasteiger partial charge in [0.05, 0.1) is 6.54 Å². The number of fused-ring (bicyclic) bond motifs is 1. The van der Waals surface area contributed by atoms with Gasteiger partial charge in [0.2, 0.25) is 0 Å². The van der Waals surface area contributed by atoms with Crippen LogP contribution in [0.5, 0.6) is 0 Å². The Morgan fingerprint density at radius 1 is 1.29 bits per heavy atom. The number of urea groups is 1. The molecular formula is C21H26N3O3S+. The lowest BCUT2D eigenvalue weighted by Gasteiger charge is -2.24. The Morgan fingerprint density at radius 3 is 2.75 bits per heavy atom. The van der Waals surface area contributed by atoms with E-state index < -0.39 is 11.3 Å². The largest absolute Gasteiger partial charge is 0.501 e. The van der Waals surface area contributed by atoms with Crippen molar-refractivity contribution in [2.24, 2.45) is 5.92 Å². The van der Waals surface area contributed by atoms with Gasteiger partial charge in [-0.3, -0.25) is 4.79 Å². The average Bonchev–Trinajstić information content (AvgIpc) is 3.15. The molecule has 7 heteroatoms. The van der Waals surface area contributed by atoms with Gasteiger partial charge in [-0.15, -0.1) is 11.8 Å². The number of benzene rings is 1. The van der Waals surface area contributed by atoms with Crippen molar-refractivity contribution in [1.82, 2.24) is 4.90 Å². The molecule has 0 aliphatic carbocycles. The molecule has 1 aromatic rings. The van der Waals surface area contributed by atoms with Crippen LogP contribution in [0, 0.1) is 5.92 Å². The lowest BCUT2D eigenvalue weighted by Crippen LogP contribution is -2.56. The number of amides is 4. The molecule has 6 nitrogen and oxygen atoms in total. The van der Waals surface area contributed by atoms with Gasteiger partial charge in [0.1, 0.15) is 5.71 Å². The first-order valence-electron chi connectivity index (χ1n) is 9.61. The van der Waals surface area contributed by atoms with Crippen LogP contribution < -0.4 is 5.32 Å². The molecule has 1 N–H and O–H groups in total. The number of carbonyl (C=O) groups excluding carboxylic acids is 3. The number of carbonyl (C=O) groups is 3. The third kappa shape index (κ3) is 4.19. The molecular weight excluding hydrogens is 374 g/mol. The molecule has 148 valence electrons. The van der Waals surface area contributed by atoms with Gasteiger partial charge in [-0.1, -0.05) is 39.0 Å². The number of anilines is 1. The van der Waals surface area contributed by atoms with E-state index in [-0.39, 0.29) is 18.4 Å². The Labute approximate surface area is 169 Å². The molecule has 0 saturated carbocycles. The van der Waals surface area contributed by atoms with Crippen molar-refractivity contribution in [3.63, 3.8) is 0 Å². The lowest BCUT2D eigenvalue weighted by molar-refractivity contribution is -0.425. The molecule has 2 aliphatic rings. The highest BCUT2D eigenvalue weighted by atomic mass is 32.2. The molecule has 2 aliphatic heterocycles. The van der Waals surface area contributed by atoms with E-state index in [1.165, 1.54) is 21.2 Å². The standard InChI is InChI=1S/C21H25N3O3S/c1-4-15-7-5-6-8-16(15)22-18(25)13-24-17-10-12-28-19(17)20(26)23(21(24)27)11-9-14(2)3/h5-8,10,12,14,19H,4,9,11,13H2,1-3H3/p+1. The summed E-state index contributed by atoms with van der Waals surface area (Å²) in [5.74, 6) is -0.0878. The SMILES string of the molecule is CCc1ccccc1NC(=O)C[N+]1=C2C=CSC2C(=O)N(CCC(C)C)C1=O. The number of thioether (sulfide) groups is 1. The maximum Gasteiger partial charge on any atom is 0.501 e. The van der Waals surface area contributed by atoms with Gasteiger partial charge in [-0.25, -0.2) is 4.79 Å². The summed E-state index contributed by atoms with van der Waals surface area (Å²) in [7, 11) is 0. The fourth-order valence-electron chi connectivity index (χ4n) is 3.29. The summed E-state index contributed by atoms with van der Waals surface area (Å²) in [5.41, 5.74) is 2.39. The van der Waals surface area contributed by atoms with Crippen molar-refractivity contribution in [1.29, 1.82) is 0 Å². The molecule has 0 fully saturated rings. The summed E-state index contributed by atoms with van der Waals surface area (Å²) < 4.78 is 1.44. The topological polar surface area (TPSA) is 69.5 Å². The van der Waals surface area contributed by atoms with Gasteiger partial charge in [-0.05, 0) is 41.9 Å². The molecule has 0 radical (unpaired) electrons. The second kappa shape index (κ2) is 8.73. The number of para-hydroxylation sites is 1. The number of aryl methyl sites for hydroxylation is 1. The number of nitrogens with zero attached hydrogens (tertiary/aromatic N) is 2. The van der Waals surface area contributed by atoms with Crippen molar-refractivity contribution in [3.05, 3.63) is 41.3 Å². The smallest absolute Gasteiger partial charge is 0.322 e. The van der Waals surface area contributed by atoms with Crippen LogP contribution in [0.2, 0.25) is 0 Å². The van der Waals surface area contributed by atoms with Crippen molar-refractivity contribution in [2.75, 3.05) is 18.4 Å². The zero-order valence-corrected chi connectivity index (χ0v) is 17.3. The van der Waals surface area contributed by atoms with E-state index in [0.29, 0.717) is 18.2 Å². The van der Waals surface area contributed by atoms with E-state index >= 15 is 0 Å². The molecule has 1 atom stereocenters. The number of rotatable bonds is 7. The molecule has 1 aromatic carbocycles. The van der Waals surface area contributed by atoms with Crippen molar-refractivity contribution >= 4 is 41.0 Å². The molecule has 0 spiro atoms. The van der Waals surface area contributed by atoms with Gasteiger partial charge in [0.25, 0.3) is 5.91 Å². The van der Waals surface area contributed by atoms with Crippen LogP contribution in [0.25, 0.3) is 0 Å². The Balaban J connectivity index is 1.81. The molecule has 28 heavy (non-hydrogen) atoms. The van der Waals surface area contributed by atoms with Crippen molar-refractivity contribution < 1.29 is 19.0 Å². The van der Waals surface area contributed by atoms with Crippen LogP contribution in [-0.2, 0) is 16.0 Å². The van der Waals surface area contributed by atoms with Crippen LogP contribution in [0.4, 0.5) is 10.5 Å². The minimum atomic E-state index is -0.444. The predicted octanol–water partition coefficient (Wildman–Crippen LogP) is 3.28. The molecule has 3 rings (SSSR count). The van der Waals surface area contributed by atoms with Crippen LogP contribution >= 0.6 is 11.8 Å². The van der Waals surface area contributed by atoms with Crippen LogP contribution in [0.1, 0.15) is 32.8 Å². The Morgan fingerprint density at radius 2 is 2.04 bits per heavy atom. The first-order chi connectivity index (χ1) is 13.4. The summed E-state index contributed by atoms with van der Waals surface area (Å²) in [6.07, 6.45) is 3.30. The van der Waals surface area contributed by atoms with Crippen LogP contribution in [0.15, 0.2) is 35.7 Å². The van der Waals surface area contributed by atoms with Gasteiger partial charge in [-0.2, -0.15) is 14.3 Å². The fourth-order valence-corrected chi connectivity index (χ4v) is 4.25. The second-order valence-electron chi connectivity index (χ2n) is 7.34. The van der Waals surface area contributed by atoms with Gasteiger partial charge in [0, 0.05) is 5.69 Å². The van der Waals surface area contributed by atoms with E-state index in [1.807, 2.05) is 36.6 Å². The third-order valence-electron chi connectivity index (χ3n) is 4.89. The van der Waals surface area contributed by atoms with E-state index in [9.17, 15) is 14.4 Å². The zero-order chi connectivity index (χ0) is 20.3. The first kappa shape index (κ1) is 20.3. The number of allylic oxidation sites excluding steroid dienone is 1. The molecule has 0 aromatic heterocycles. The monoisotopic (exact) mass is 400 g/mol. The third-order valence-corrected chi connectivity index (χ3v) is 5.90. The van der Waals surface area contributed by atoms with Crippen LogP contribution in [0.3, 0.4) is 0 Å². The quantitative estimate of drug-likeness (QED) is 0.713. The Hall–Kier alpha value is -2.41. The predicted molar refractivity (Wildman–Crippen MR) is 112 cm³/mol. The fraction of sp³-hybridized carbons (Fsp3) is 0.429. The summed E-state index contributed by atoms with van der Waals surface area (Å²) in [5, 5.41) is 4.27. The summed E-state index contributed by atoms with van der Waals surface area (Å²) >= 11 is 1.38. The highest BCUT2D eigenvalue weighted by Crippen LogP contribution is 2.28.